The summed E-state index contributed by atoms with van der Waals surface area (Å²) >= 11 is 7.55. The van der Waals surface area contributed by atoms with Gasteiger partial charge in [0.1, 0.15) is 0 Å². The van der Waals surface area contributed by atoms with Gasteiger partial charge in [0.25, 0.3) is 0 Å². The molecule has 1 aromatic heterocycles. The predicted molar refractivity (Wildman–Crippen MR) is 66.5 cm³/mol. The molecular weight excluding hydrogens is 212 g/mol. The average Bonchev–Trinajstić information content (AvgIpc) is 2.62. The zero-order valence-corrected chi connectivity index (χ0v) is 10.4. The Morgan fingerprint density at radius 3 is 2.71 bits per heavy atom. The van der Waals surface area contributed by atoms with Crippen LogP contribution in [0.25, 0.3) is 0 Å². The van der Waals surface area contributed by atoms with E-state index in [2.05, 4.69) is 32.1 Å². The standard InChI is InChI=1S/C12H17ClS/c1-3-11-6-7-12(14-11)9-10(2)5-4-8-13/h5-7H,3-4,8-9H2,1-2H3. The van der Waals surface area contributed by atoms with Gasteiger partial charge in [0.2, 0.25) is 0 Å². The maximum atomic E-state index is 5.63. The van der Waals surface area contributed by atoms with Crippen LogP contribution in [0.1, 0.15) is 30.0 Å². The Hall–Kier alpha value is -0.270. The third kappa shape index (κ3) is 3.85. The van der Waals surface area contributed by atoms with Crippen molar-refractivity contribution in [1.29, 1.82) is 0 Å². The monoisotopic (exact) mass is 228 g/mol. The molecule has 0 amide bonds. The summed E-state index contributed by atoms with van der Waals surface area (Å²) in [6.45, 7) is 4.38. The molecule has 14 heavy (non-hydrogen) atoms. The van der Waals surface area contributed by atoms with Crippen molar-refractivity contribution in [2.45, 2.75) is 33.1 Å². The lowest BCUT2D eigenvalue weighted by Gasteiger charge is -1.97. The van der Waals surface area contributed by atoms with Crippen LogP contribution in [-0.2, 0) is 12.8 Å². The number of hydrogen-bond acceptors (Lipinski definition) is 1. The molecule has 0 aliphatic carbocycles. The van der Waals surface area contributed by atoms with Crippen molar-refractivity contribution in [3.63, 3.8) is 0 Å². The molecule has 1 rings (SSSR count). The van der Waals surface area contributed by atoms with Crippen LogP contribution in [0.5, 0.6) is 0 Å². The zero-order valence-electron chi connectivity index (χ0n) is 8.85. The number of halogens is 1. The Balaban J connectivity index is 2.51. The number of alkyl halides is 1. The fraction of sp³-hybridized carbons (Fsp3) is 0.500. The van der Waals surface area contributed by atoms with E-state index in [0.717, 1.165) is 25.1 Å². The Bertz CT molecular complexity index is 299. The summed E-state index contributed by atoms with van der Waals surface area (Å²) in [5, 5.41) is 0. The van der Waals surface area contributed by atoms with E-state index in [0.29, 0.717) is 0 Å². The van der Waals surface area contributed by atoms with Crippen LogP contribution < -0.4 is 0 Å². The van der Waals surface area contributed by atoms with Crippen LogP contribution in [0.2, 0.25) is 0 Å². The van der Waals surface area contributed by atoms with E-state index in [-0.39, 0.29) is 0 Å². The summed E-state index contributed by atoms with van der Waals surface area (Å²) in [5.41, 5.74) is 1.43. The second-order valence-electron chi connectivity index (χ2n) is 3.43. The first-order chi connectivity index (χ1) is 6.76. The van der Waals surface area contributed by atoms with Crippen molar-refractivity contribution in [3.8, 4) is 0 Å². The number of rotatable bonds is 5. The van der Waals surface area contributed by atoms with Gasteiger partial charge < -0.3 is 0 Å². The average molecular weight is 229 g/mol. The van der Waals surface area contributed by atoms with Gasteiger partial charge in [-0.3, -0.25) is 0 Å². The van der Waals surface area contributed by atoms with Gasteiger partial charge in [-0.2, -0.15) is 0 Å². The molecule has 2 heteroatoms. The van der Waals surface area contributed by atoms with Gasteiger partial charge in [-0.25, -0.2) is 0 Å². The van der Waals surface area contributed by atoms with E-state index >= 15 is 0 Å². The van der Waals surface area contributed by atoms with Crippen molar-refractivity contribution in [3.05, 3.63) is 33.5 Å². The smallest absolute Gasteiger partial charge is 0.0258 e. The maximum Gasteiger partial charge on any atom is 0.0258 e. The minimum atomic E-state index is 0.724. The molecule has 0 nitrogen and oxygen atoms in total. The SMILES string of the molecule is CCc1ccc(CC(C)=CCCCl)s1. The normalized spacial score (nSPS) is 12.1. The van der Waals surface area contributed by atoms with E-state index < -0.39 is 0 Å². The van der Waals surface area contributed by atoms with Crippen LogP contribution in [0.4, 0.5) is 0 Å². The number of aryl methyl sites for hydroxylation is 1. The molecule has 0 unspecified atom stereocenters. The molecular formula is C12H17ClS. The Labute approximate surface area is 95.6 Å². The molecule has 0 N–H and O–H groups in total. The predicted octanol–water partition coefficient (Wildman–Crippen LogP) is 4.43. The second-order valence-corrected chi connectivity index (χ2v) is 5.06. The molecule has 1 aromatic rings. The third-order valence-electron chi connectivity index (χ3n) is 2.12. The summed E-state index contributed by atoms with van der Waals surface area (Å²) < 4.78 is 0. The number of thiophene rings is 1. The van der Waals surface area contributed by atoms with Gasteiger partial charge in [-0.05, 0) is 31.9 Å². The van der Waals surface area contributed by atoms with E-state index in [1.54, 1.807) is 0 Å². The van der Waals surface area contributed by atoms with Crippen molar-refractivity contribution < 1.29 is 0 Å². The highest BCUT2D eigenvalue weighted by atomic mass is 35.5. The van der Waals surface area contributed by atoms with Crippen LogP contribution in [0.3, 0.4) is 0 Å². The van der Waals surface area contributed by atoms with E-state index in [4.69, 9.17) is 11.6 Å². The van der Waals surface area contributed by atoms with Gasteiger partial charge in [-0.1, -0.05) is 18.6 Å². The number of hydrogen-bond donors (Lipinski definition) is 0. The lowest BCUT2D eigenvalue weighted by Crippen LogP contribution is -1.82. The van der Waals surface area contributed by atoms with Crippen LogP contribution >= 0.6 is 22.9 Å². The summed E-state index contributed by atoms with van der Waals surface area (Å²) in [5.74, 6) is 0.724. The van der Waals surface area contributed by atoms with Gasteiger partial charge in [0.15, 0.2) is 0 Å². The van der Waals surface area contributed by atoms with Gasteiger partial charge in [-0.15, -0.1) is 22.9 Å². The minimum Gasteiger partial charge on any atom is -0.145 e. The molecule has 1 heterocycles. The first kappa shape index (κ1) is 11.8. The third-order valence-corrected chi connectivity index (χ3v) is 3.57. The Morgan fingerprint density at radius 1 is 1.43 bits per heavy atom. The molecule has 0 atom stereocenters. The highest BCUT2D eigenvalue weighted by molar-refractivity contribution is 7.12. The number of allylic oxidation sites excluding steroid dienone is 2. The summed E-state index contributed by atoms with van der Waals surface area (Å²) in [4.78, 5) is 2.94. The first-order valence-corrected chi connectivity index (χ1v) is 6.40. The molecule has 78 valence electrons. The van der Waals surface area contributed by atoms with Gasteiger partial charge >= 0.3 is 0 Å². The van der Waals surface area contributed by atoms with E-state index in [1.165, 1.54) is 15.3 Å². The zero-order chi connectivity index (χ0) is 10.4. The van der Waals surface area contributed by atoms with E-state index in [9.17, 15) is 0 Å². The molecule has 0 saturated carbocycles. The van der Waals surface area contributed by atoms with Crippen molar-refractivity contribution in [1.82, 2.24) is 0 Å². The van der Waals surface area contributed by atoms with Crippen molar-refractivity contribution >= 4 is 22.9 Å². The molecule has 0 spiro atoms. The van der Waals surface area contributed by atoms with E-state index in [1.807, 2.05) is 11.3 Å². The Morgan fingerprint density at radius 2 is 2.14 bits per heavy atom. The van der Waals surface area contributed by atoms with Gasteiger partial charge in [0, 0.05) is 22.1 Å². The molecule has 0 aliphatic rings. The summed E-state index contributed by atoms with van der Waals surface area (Å²) in [6, 6.07) is 4.47. The van der Waals surface area contributed by atoms with Crippen LogP contribution in [-0.4, -0.2) is 5.88 Å². The summed E-state index contributed by atoms with van der Waals surface area (Å²) in [6.07, 6.45) is 5.45. The lowest BCUT2D eigenvalue weighted by molar-refractivity contribution is 1.11. The highest BCUT2D eigenvalue weighted by Gasteiger charge is 1.99. The molecule has 0 fully saturated rings. The topological polar surface area (TPSA) is 0 Å². The molecule has 0 bridgehead atoms. The second kappa shape index (κ2) is 6.26. The molecule has 0 aliphatic heterocycles. The fourth-order valence-corrected chi connectivity index (χ4v) is 2.52. The quantitative estimate of drug-likeness (QED) is 0.517. The largest absolute Gasteiger partial charge is 0.145 e. The minimum absolute atomic E-state index is 0.724. The first-order valence-electron chi connectivity index (χ1n) is 5.05. The van der Waals surface area contributed by atoms with Crippen LogP contribution in [0, 0.1) is 0 Å². The lowest BCUT2D eigenvalue weighted by atomic mass is 10.1. The molecule has 0 radical (unpaired) electrons. The summed E-state index contributed by atoms with van der Waals surface area (Å²) in [7, 11) is 0. The van der Waals surface area contributed by atoms with Crippen LogP contribution in [0.15, 0.2) is 23.8 Å². The maximum absolute atomic E-state index is 5.63. The van der Waals surface area contributed by atoms with Crippen molar-refractivity contribution in [2.75, 3.05) is 5.88 Å². The van der Waals surface area contributed by atoms with Crippen molar-refractivity contribution in [2.24, 2.45) is 0 Å². The van der Waals surface area contributed by atoms with Gasteiger partial charge in [0.05, 0.1) is 0 Å². The molecule has 0 saturated heterocycles. The fourth-order valence-electron chi connectivity index (χ4n) is 1.36. The Kier molecular flexibility index (Phi) is 5.28. The highest BCUT2D eigenvalue weighted by Crippen LogP contribution is 2.20. The molecule has 0 aromatic carbocycles.